The summed E-state index contributed by atoms with van der Waals surface area (Å²) in [4.78, 5) is 24.8. The fourth-order valence-electron chi connectivity index (χ4n) is 2.71. The van der Waals surface area contributed by atoms with E-state index in [1.807, 2.05) is 6.92 Å². The van der Waals surface area contributed by atoms with Gasteiger partial charge in [-0.3, -0.25) is 9.59 Å². The van der Waals surface area contributed by atoms with Crippen LogP contribution in [0.3, 0.4) is 0 Å². The van der Waals surface area contributed by atoms with Crippen molar-refractivity contribution < 1.29 is 9.59 Å². The highest BCUT2D eigenvalue weighted by Crippen LogP contribution is 2.32. The first kappa shape index (κ1) is 25.9. The van der Waals surface area contributed by atoms with Gasteiger partial charge in [0.1, 0.15) is 0 Å². The minimum absolute atomic E-state index is 0.0599. The molecule has 0 spiro atoms. The molecule has 0 saturated heterocycles. The lowest BCUT2D eigenvalue weighted by atomic mass is 10.2. The summed E-state index contributed by atoms with van der Waals surface area (Å²) in [6.07, 6.45) is 0. The van der Waals surface area contributed by atoms with E-state index in [0.717, 1.165) is 0 Å². The Bertz CT molecular complexity index is 1200. The Hall–Kier alpha value is -1.68. The van der Waals surface area contributed by atoms with E-state index in [1.54, 1.807) is 16.7 Å². The molecule has 0 aliphatic carbocycles. The molecule has 0 radical (unpaired) electrons. The molecular weight excluding hydrogens is 552 g/mol. The molecule has 0 bridgehead atoms. The van der Waals surface area contributed by atoms with E-state index in [1.165, 1.54) is 30.0 Å². The second kappa shape index (κ2) is 11.6. The number of benzene rings is 2. The number of hydrogen-bond acceptors (Lipinski definition) is 5. The van der Waals surface area contributed by atoms with E-state index in [4.69, 9.17) is 58.0 Å². The number of nitrogens with zero attached hydrogens (tertiary/aromatic N) is 3. The lowest BCUT2D eigenvalue weighted by Crippen LogP contribution is -2.24. The van der Waals surface area contributed by atoms with Crippen molar-refractivity contribution in [3.05, 3.63) is 66.8 Å². The molecule has 174 valence electrons. The number of aromatic nitrogens is 3. The Morgan fingerprint density at radius 2 is 1.64 bits per heavy atom. The van der Waals surface area contributed by atoms with Crippen LogP contribution in [0.2, 0.25) is 25.1 Å². The molecular formula is C20H16Cl5N5O2S. The predicted molar refractivity (Wildman–Crippen MR) is 134 cm³/mol. The molecule has 2 aromatic carbocycles. The Morgan fingerprint density at radius 3 is 2.33 bits per heavy atom. The average molecular weight is 568 g/mol. The summed E-state index contributed by atoms with van der Waals surface area (Å²) >= 11 is 31.0. The Morgan fingerprint density at radius 1 is 0.939 bits per heavy atom. The van der Waals surface area contributed by atoms with Crippen LogP contribution in [0.5, 0.6) is 0 Å². The molecule has 0 fully saturated rings. The monoisotopic (exact) mass is 565 g/mol. The first-order valence-corrected chi connectivity index (χ1v) is 12.3. The van der Waals surface area contributed by atoms with Gasteiger partial charge in [0.15, 0.2) is 11.0 Å². The van der Waals surface area contributed by atoms with Crippen molar-refractivity contribution >= 4 is 87.3 Å². The first-order chi connectivity index (χ1) is 15.7. The number of nitrogens with one attached hydrogen (secondary N) is 2. The van der Waals surface area contributed by atoms with E-state index in [-0.39, 0.29) is 34.2 Å². The van der Waals surface area contributed by atoms with Crippen LogP contribution >= 0.6 is 69.8 Å². The SMILES string of the molecule is CCn1c(CNC(=O)c2ccc(Cl)c(Cl)c2)nnc1SCC(=O)Nc1cc(Cl)c(Cl)cc1Cl. The summed E-state index contributed by atoms with van der Waals surface area (Å²) in [6.45, 7) is 2.60. The van der Waals surface area contributed by atoms with E-state index in [2.05, 4.69) is 20.8 Å². The molecule has 3 aromatic rings. The van der Waals surface area contributed by atoms with Crippen molar-refractivity contribution in [2.45, 2.75) is 25.2 Å². The van der Waals surface area contributed by atoms with E-state index < -0.39 is 0 Å². The van der Waals surface area contributed by atoms with Gasteiger partial charge in [-0.05, 0) is 37.3 Å². The predicted octanol–water partition coefficient (Wildman–Crippen LogP) is 6.23. The summed E-state index contributed by atoms with van der Waals surface area (Å²) in [6, 6.07) is 7.56. The van der Waals surface area contributed by atoms with Crippen LogP contribution in [0.25, 0.3) is 0 Å². The van der Waals surface area contributed by atoms with Crippen LogP contribution in [0, 0.1) is 0 Å². The zero-order valence-corrected chi connectivity index (χ0v) is 21.6. The van der Waals surface area contributed by atoms with Gasteiger partial charge in [0.25, 0.3) is 5.91 Å². The topological polar surface area (TPSA) is 88.9 Å². The largest absolute Gasteiger partial charge is 0.345 e. The second-order valence-corrected chi connectivity index (χ2v) is 9.52. The summed E-state index contributed by atoms with van der Waals surface area (Å²) in [5.74, 6) is -0.0299. The summed E-state index contributed by atoms with van der Waals surface area (Å²) in [7, 11) is 0. The minimum atomic E-state index is -0.327. The maximum absolute atomic E-state index is 12.4. The van der Waals surface area contributed by atoms with E-state index in [0.29, 0.717) is 43.8 Å². The highest BCUT2D eigenvalue weighted by atomic mass is 35.5. The third-order valence-corrected chi connectivity index (χ3v) is 7.06. The van der Waals surface area contributed by atoms with Crippen LogP contribution in [0.4, 0.5) is 5.69 Å². The number of carbonyl (C=O) groups excluding carboxylic acids is 2. The fraction of sp³-hybridized carbons (Fsp3) is 0.200. The fourth-order valence-corrected chi connectivity index (χ4v) is 4.42. The Kier molecular flexibility index (Phi) is 9.15. The number of carbonyl (C=O) groups is 2. The second-order valence-electron chi connectivity index (χ2n) is 6.54. The van der Waals surface area contributed by atoms with Crippen molar-refractivity contribution in [3.8, 4) is 0 Å². The van der Waals surface area contributed by atoms with Crippen LogP contribution in [-0.4, -0.2) is 32.3 Å². The number of rotatable bonds is 8. The maximum atomic E-state index is 12.4. The summed E-state index contributed by atoms with van der Waals surface area (Å²) in [5, 5.41) is 15.8. The van der Waals surface area contributed by atoms with Crippen LogP contribution < -0.4 is 10.6 Å². The summed E-state index contributed by atoms with van der Waals surface area (Å²) < 4.78 is 1.80. The molecule has 1 heterocycles. The molecule has 0 atom stereocenters. The molecule has 3 rings (SSSR count). The first-order valence-electron chi connectivity index (χ1n) is 9.42. The van der Waals surface area contributed by atoms with Crippen LogP contribution in [0.15, 0.2) is 35.5 Å². The molecule has 13 heteroatoms. The number of halogens is 5. The van der Waals surface area contributed by atoms with Gasteiger partial charge in [-0.2, -0.15) is 0 Å². The Labute approximate surface area is 219 Å². The van der Waals surface area contributed by atoms with Crippen molar-refractivity contribution in [1.29, 1.82) is 0 Å². The number of amides is 2. The molecule has 0 aliphatic heterocycles. The van der Waals surface area contributed by atoms with Gasteiger partial charge in [0.05, 0.1) is 43.1 Å². The van der Waals surface area contributed by atoms with Gasteiger partial charge in [-0.1, -0.05) is 69.8 Å². The average Bonchev–Trinajstić information content (AvgIpc) is 3.18. The smallest absolute Gasteiger partial charge is 0.251 e. The van der Waals surface area contributed by atoms with Gasteiger partial charge < -0.3 is 15.2 Å². The van der Waals surface area contributed by atoms with Gasteiger partial charge >= 0.3 is 0 Å². The van der Waals surface area contributed by atoms with Crippen LogP contribution in [-0.2, 0) is 17.9 Å². The third kappa shape index (κ3) is 6.68. The molecule has 0 aliphatic rings. The van der Waals surface area contributed by atoms with E-state index >= 15 is 0 Å². The highest BCUT2D eigenvalue weighted by Gasteiger charge is 2.16. The third-order valence-electron chi connectivity index (χ3n) is 4.31. The lowest BCUT2D eigenvalue weighted by molar-refractivity contribution is -0.113. The number of hydrogen-bond donors (Lipinski definition) is 2. The molecule has 0 saturated carbocycles. The van der Waals surface area contributed by atoms with Gasteiger partial charge in [-0.25, -0.2) is 0 Å². The molecule has 2 N–H and O–H groups in total. The molecule has 0 unspecified atom stereocenters. The number of thioether (sulfide) groups is 1. The van der Waals surface area contributed by atoms with Gasteiger partial charge in [0.2, 0.25) is 5.91 Å². The lowest BCUT2D eigenvalue weighted by Gasteiger charge is -2.10. The van der Waals surface area contributed by atoms with Crippen LogP contribution in [0.1, 0.15) is 23.1 Å². The zero-order chi connectivity index (χ0) is 24.1. The van der Waals surface area contributed by atoms with Crippen molar-refractivity contribution in [1.82, 2.24) is 20.1 Å². The highest BCUT2D eigenvalue weighted by molar-refractivity contribution is 7.99. The van der Waals surface area contributed by atoms with Crippen molar-refractivity contribution in [2.24, 2.45) is 0 Å². The van der Waals surface area contributed by atoms with Gasteiger partial charge in [0, 0.05) is 12.1 Å². The van der Waals surface area contributed by atoms with Crippen molar-refractivity contribution in [2.75, 3.05) is 11.1 Å². The Balaban J connectivity index is 1.59. The standard InChI is InChI=1S/C20H16Cl5N5O2S/c1-2-30-17(8-26-19(32)10-3-4-11(21)12(22)5-10)28-29-20(30)33-9-18(31)27-16-7-14(24)13(23)6-15(16)25/h3-7H,2,8-9H2,1H3,(H,26,32)(H,27,31). The normalized spacial score (nSPS) is 10.8. The quantitative estimate of drug-likeness (QED) is 0.249. The maximum Gasteiger partial charge on any atom is 0.251 e. The summed E-state index contributed by atoms with van der Waals surface area (Å²) in [5.41, 5.74) is 0.735. The van der Waals surface area contributed by atoms with Crippen molar-refractivity contribution in [3.63, 3.8) is 0 Å². The molecule has 7 nitrogen and oxygen atoms in total. The molecule has 33 heavy (non-hydrogen) atoms. The number of anilines is 1. The molecule has 1 aromatic heterocycles. The molecule has 2 amide bonds. The minimum Gasteiger partial charge on any atom is -0.345 e. The van der Waals surface area contributed by atoms with E-state index in [9.17, 15) is 9.59 Å². The van der Waals surface area contributed by atoms with Gasteiger partial charge in [-0.15, -0.1) is 10.2 Å². The zero-order valence-electron chi connectivity index (χ0n) is 17.0.